The van der Waals surface area contributed by atoms with E-state index in [4.69, 9.17) is 4.74 Å². The van der Waals surface area contributed by atoms with E-state index in [1.807, 2.05) is 15.6 Å². The van der Waals surface area contributed by atoms with Crippen LogP contribution in [-0.2, 0) is 10.3 Å². The van der Waals surface area contributed by atoms with E-state index in [0.29, 0.717) is 19.7 Å². The first-order valence-electron chi connectivity index (χ1n) is 7.64. The maximum atomic E-state index is 12.5. The molecule has 1 aromatic heterocycles. The molecule has 2 fully saturated rings. The van der Waals surface area contributed by atoms with Crippen LogP contribution in [0, 0.1) is 0 Å². The summed E-state index contributed by atoms with van der Waals surface area (Å²) in [6.07, 6.45) is 5.05. The van der Waals surface area contributed by atoms with Gasteiger partial charge in [-0.25, -0.2) is 9.48 Å². The number of morpholine rings is 1. The molecule has 21 heavy (non-hydrogen) atoms. The average Bonchev–Trinajstić information content (AvgIpc) is 2.85. The van der Waals surface area contributed by atoms with Crippen molar-refractivity contribution in [1.82, 2.24) is 14.7 Å². The van der Waals surface area contributed by atoms with Gasteiger partial charge in [-0.05, 0) is 40.0 Å². The average molecular weight is 292 g/mol. The molecule has 1 N–H and O–H groups in total. The molecule has 0 bridgehead atoms. The summed E-state index contributed by atoms with van der Waals surface area (Å²) >= 11 is 0. The van der Waals surface area contributed by atoms with Gasteiger partial charge in [-0.2, -0.15) is 5.10 Å². The number of aromatic nitrogens is 2. The molecule has 6 heteroatoms. The Kier molecular flexibility index (Phi) is 3.43. The molecule has 1 spiro atoms. The van der Waals surface area contributed by atoms with Crippen LogP contribution in [0.5, 0.6) is 0 Å². The summed E-state index contributed by atoms with van der Waals surface area (Å²) in [7, 11) is 0. The summed E-state index contributed by atoms with van der Waals surface area (Å²) in [5.74, 6) is 0.738. The zero-order valence-corrected chi connectivity index (χ0v) is 13.1. The first kappa shape index (κ1) is 14.4. The summed E-state index contributed by atoms with van der Waals surface area (Å²) in [4.78, 5) is 14.4. The van der Waals surface area contributed by atoms with Crippen molar-refractivity contribution in [3.05, 3.63) is 12.3 Å². The fourth-order valence-electron chi connectivity index (χ4n) is 3.01. The molecule has 3 rings (SSSR count). The second kappa shape index (κ2) is 5.02. The Balaban J connectivity index is 1.68. The second-order valence-electron chi connectivity index (χ2n) is 7.04. The molecule has 0 aromatic carbocycles. The van der Waals surface area contributed by atoms with Crippen molar-refractivity contribution in [2.45, 2.75) is 51.2 Å². The standard InChI is InChI=1S/C15H24N4O2/c1-14(2,3)19-12(5-8-16-19)17-13(20)18-9-10-21-15(11-18)6-4-7-15/h5,8H,4,6-7,9-11H2,1-3H3,(H,17,20). The van der Waals surface area contributed by atoms with Crippen molar-refractivity contribution in [3.63, 3.8) is 0 Å². The lowest BCUT2D eigenvalue weighted by molar-refractivity contribution is -0.140. The molecular formula is C15H24N4O2. The fourth-order valence-corrected chi connectivity index (χ4v) is 3.01. The van der Waals surface area contributed by atoms with Crippen LogP contribution in [0.15, 0.2) is 12.3 Å². The number of anilines is 1. The molecule has 116 valence electrons. The van der Waals surface area contributed by atoms with Crippen LogP contribution in [0.2, 0.25) is 0 Å². The van der Waals surface area contributed by atoms with Gasteiger partial charge in [0, 0.05) is 12.6 Å². The number of urea groups is 1. The van der Waals surface area contributed by atoms with E-state index >= 15 is 0 Å². The highest BCUT2D eigenvalue weighted by atomic mass is 16.5. The molecule has 2 amide bonds. The molecule has 0 atom stereocenters. The molecule has 6 nitrogen and oxygen atoms in total. The lowest BCUT2D eigenvalue weighted by atomic mass is 9.79. The van der Waals surface area contributed by atoms with Crippen molar-refractivity contribution in [1.29, 1.82) is 0 Å². The Morgan fingerprint density at radius 1 is 1.43 bits per heavy atom. The molecule has 1 saturated carbocycles. The van der Waals surface area contributed by atoms with Gasteiger partial charge in [0.05, 0.1) is 30.5 Å². The van der Waals surface area contributed by atoms with Crippen molar-refractivity contribution in [2.24, 2.45) is 0 Å². The predicted molar refractivity (Wildman–Crippen MR) is 80.3 cm³/mol. The number of nitrogens with one attached hydrogen (secondary N) is 1. The summed E-state index contributed by atoms with van der Waals surface area (Å²) in [5.41, 5.74) is -0.230. The maximum Gasteiger partial charge on any atom is 0.323 e. The van der Waals surface area contributed by atoms with Crippen LogP contribution in [0.1, 0.15) is 40.0 Å². The number of carbonyl (C=O) groups is 1. The Hall–Kier alpha value is -1.56. The molecule has 1 saturated heterocycles. The van der Waals surface area contributed by atoms with E-state index in [0.717, 1.165) is 18.7 Å². The smallest absolute Gasteiger partial charge is 0.323 e. The van der Waals surface area contributed by atoms with Crippen LogP contribution in [0.4, 0.5) is 10.6 Å². The summed E-state index contributed by atoms with van der Waals surface area (Å²) in [6.45, 7) is 8.17. The van der Waals surface area contributed by atoms with Crippen LogP contribution >= 0.6 is 0 Å². The number of hydrogen-bond acceptors (Lipinski definition) is 3. The molecule has 1 aromatic rings. The topological polar surface area (TPSA) is 59.4 Å². The van der Waals surface area contributed by atoms with Crippen LogP contribution in [0.3, 0.4) is 0 Å². The SMILES string of the molecule is CC(C)(C)n1nccc1NC(=O)N1CCOC2(CCC2)C1. The number of amides is 2. The first-order chi connectivity index (χ1) is 9.90. The third-order valence-electron chi connectivity index (χ3n) is 4.31. The number of hydrogen-bond donors (Lipinski definition) is 1. The van der Waals surface area contributed by atoms with Crippen molar-refractivity contribution < 1.29 is 9.53 Å². The highest BCUT2D eigenvalue weighted by molar-refractivity contribution is 5.88. The molecule has 2 aliphatic rings. The lowest BCUT2D eigenvalue weighted by Crippen LogP contribution is -2.57. The van der Waals surface area contributed by atoms with E-state index in [9.17, 15) is 4.79 Å². The highest BCUT2D eigenvalue weighted by Crippen LogP contribution is 2.38. The van der Waals surface area contributed by atoms with Gasteiger partial charge in [0.2, 0.25) is 0 Å². The highest BCUT2D eigenvalue weighted by Gasteiger charge is 2.43. The zero-order valence-electron chi connectivity index (χ0n) is 13.1. The van der Waals surface area contributed by atoms with Crippen molar-refractivity contribution in [3.8, 4) is 0 Å². The molecule has 0 radical (unpaired) electrons. The zero-order chi connectivity index (χ0) is 15.1. The van der Waals surface area contributed by atoms with Crippen molar-refractivity contribution >= 4 is 11.8 Å². The minimum Gasteiger partial charge on any atom is -0.371 e. The van der Waals surface area contributed by atoms with Gasteiger partial charge < -0.3 is 9.64 Å². The van der Waals surface area contributed by atoms with Gasteiger partial charge in [-0.15, -0.1) is 0 Å². The normalized spacial score (nSPS) is 21.2. The van der Waals surface area contributed by atoms with E-state index in [1.54, 1.807) is 6.20 Å². The van der Waals surface area contributed by atoms with E-state index < -0.39 is 0 Å². The largest absolute Gasteiger partial charge is 0.371 e. The van der Waals surface area contributed by atoms with E-state index in [1.165, 1.54) is 6.42 Å². The fraction of sp³-hybridized carbons (Fsp3) is 0.733. The molecule has 1 aliphatic heterocycles. The molecule has 1 aliphatic carbocycles. The number of ether oxygens (including phenoxy) is 1. The summed E-state index contributed by atoms with van der Waals surface area (Å²) < 4.78 is 7.69. The Bertz CT molecular complexity index is 528. The van der Waals surface area contributed by atoms with Crippen LogP contribution in [-0.4, -0.2) is 46.0 Å². The van der Waals surface area contributed by atoms with Gasteiger partial charge in [0.15, 0.2) is 0 Å². The van der Waals surface area contributed by atoms with E-state index in [-0.39, 0.29) is 17.2 Å². The van der Waals surface area contributed by atoms with Crippen molar-refractivity contribution in [2.75, 3.05) is 25.0 Å². The Labute approximate surface area is 125 Å². The number of rotatable bonds is 1. The van der Waals surface area contributed by atoms with Crippen LogP contribution < -0.4 is 5.32 Å². The maximum absolute atomic E-state index is 12.5. The number of carbonyl (C=O) groups excluding carboxylic acids is 1. The minimum absolute atomic E-state index is 0.0597. The van der Waals surface area contributed by atoms with Gasteiger partial charge in [-0.3, -0.25) is 5.32 Å². The van der Waals surface area contributed by atoms with Gasteiger partial charge in [0.25, 0.3) is 0 Å². The summed E-state index contributed by atoms with van der Waals surface area (Å²) in [5, 5.41) is 7.28. The van der Waals surface area contributed by atoms with Crippen LogP contribution in [0.25, 0.3) is 0 Å². The van der Waals surface area contributed by atoms with Gasteiger partial charge in [-0.1, -0.05) is 0 Å². The molecule has 0 unspecified atom stereocenters. The summed E-state index contributed by atoms with van der Waals surface area (Å²) in [6, 6.07) is 1.78. The monoisotopic (exact) mass is 292 g/mol. The van der Waals surface area contributed by atoms with Gasteiger partial charge >= 0.3 is 6.03 Å². The second-order valence-corrected chi connectivity index (χ2v) is 7.04. The molecular weight excluding hydrogens is 268 g/mol. The number of nitrogens with zero attached hydrogens (tertiary/aromatic N) is 3. The third-order valence-corrected chi connectivity index (χ3v) is 4.31. The lowest BCUT2D eigenvalue weighted by Gasteiger charge is -2.48. The predicted octanol–water partition coefficient (Wildman–Crippen LogP) is 2.42. The van der Waals surface area contributed by atoms with E-state index in [2.05, 4.69) is 31.2 Å². The Morgan fingerprint density at radius 3 is 2.81 bits per heavy atom. The quantitative estimate of drug-likeness (QED) is 0.865. The first-order valence-corrected chi connectivity index (χ1v) is 7.64. The Morgan fingerprint density at radius 2 is 2.19 bits per heavy atom. The molecule has 2 heterocycles. The third kappa shape index (κ3) is 2.77. The van der Waals surface area contributed by atoms with Gasteiger partial charge in [0.1, 0.15) is 5.82 Å². The minimum atomic E-state index is -0.160.